The highest BCUT2D eigenvalue weighted by Gasteiger charge is 2.39. The number of nitrogens with one attached hydrogen (secondary N) is 4. The van der Waals surface area contributed by atoms with E-state index in [1.54, 1.807) is 12.1 Å². The maximum atomic E-state index is 12.2. The molecule has 26 heavy (non-hydrogen) atoms. The van der Waals surface area contributed by atoms with Gasteiger partial charge in [-0.05, 0) is 18.9 Å². The number of carbonyl (C=O) groups is 2. The summed E-state index contributed by atoms with van der Waals surface area (Å²) in [6.45, 7) is 1.15. The van der Waals surface area contributed by atoms with E-state index in [-0.39, 0.29) is 23.5 Å². The van der Waals surface area contributed by atoms with Crippen molar-refractivity contribution >= 4 is 28.7 Å². The van der Waals surface area contributed by atoms with Gasteiger partial charge >= 0.3 is 11.7 Å². The fourth-order valence-corrected chi connectivity index (χ4v) is 3.42. The van der Waals surface area contributed by atoms with Gasteiger partial charge in [-0.3, -0.25) is 4.79 Å². The van der Waals surface area contributed by atoms with Gasteiger partial charge in [0.2, 0.25) is 5.91 Å². The Morgan fingerprint density at radius 1 is 1.27 bits per heavy atom. The summed E-state index contributed by atoms with van der Waals surface area (Å²) < 4.78 is 5.27. The molecule has 2 fully saturated rings. The molecular weight excluding hydrogens is 338 g/mol. The Labute approximate surface area is 149 Å². The molecule has 0 unspecified atom stereocenters. The molecular formula is C17H21N5O4. The van der Waals surface area contributed by atoms with Crippen LogP contribution in [0.5, 0.6) is 5.75 Å². The Morgan fingerprint density at radius 2 is 2.00 bits per heavy atom. The van der Waals surface area contributed by atoms with Crippen LogP contribution in [0.4, 0.5) is 10.5 Å². The second-order valence-electron chi connectivity index (χ2n) is 6.86. The van der Waals surface area contributed by atoms with Gasteiger partial charge in [0.05, 0.1) is 23.8 Å². The largest absolute Gasteiger partial charge is 0.494 e. The van der Waals surface area contributed by atoms with E-state index in [2.05, 4.69) is 20.6 Å². The van der Waals surface area contributed by atoms with E-state index in [1.165, 1.54) is 7.11 Å². The number of H-pyrrole nitrogens is 2. The number of imidazole rings is 1. The van der Waals surface area contributed by atoms with Crippen LogP contribution in [0.1, 0.15) is 19.3 Å². The first kappa shape index (κ1) is 16.5. The van der Waals surface area contributed by atoms with Crippen molar-refractivity contribution in [3.05, 3.63) is 22.6 Å². The number of aromatic amines is 2. The van der Waals surface area contributed by atoms with Gasteiger partial charge in [-0.15, -0.1) is 0 Å². The molecule has 1 aromatic heterocycles. The SMILES string of the molecule is COc1cc2[nH]c(=O)[nH]c2cc1NC(=O)NC[C@H]1CC(=O)N(C2CC2)C1. The fraction of sp³-hybridized carbons (Fsp3) is 0.471. The van der Waals surface area contributed by atoms with E-state index in [9.17, 15) is 14.4 Å². The number of amides is 3. The lowest BCUT2D eigenvalue weighted by molar-refractivity contribution is -0.128. The average Bonchev–Trinajstić information content (AvgIpc) is 3.28. The minimum atomic E-state index is -0.377. The molecule has 1 aliphatic carbocycles. The van der Waals surface area contributed by atoms with Gasteiger partial charge in [-0.25, -0.2) is 9.59 Å². The molecule has 4 rings (SSSR count). The number of aromatic nitrogens is 2. The van der Waals surface area contributed by atoms with Crippen molar-refractivity contribution in [2.75, 3.05) is 25.5 Å². The Hall–Kier alpha value is -2.97. The lowest BCUT2D eigenvalue weighted by atomic mass is 10.1. The molecule has 2 aromatic rings. The van der Waals surface area contributed by atoms with Gasteiger partial charge in [0.15, 0.2) is 0 Å². The van der Waals surface area contributed by atoms with Crippen molar-refractivity contribution in [1.82, 2.24) is 20.2 Å². The van der Waals surface area contributed by atoms with Crippen LogP contribution < -0.4 is 21.1 Å². The van der Waals surface area contributed by atoms with Crippen molar-refractivity contribution in [3.8, 4) is 5.75 Å². The number of hydrogen-bond donors (Lipinski definition) is 4. The third kappa shape index (κ3) is 3.24. The molecule has 9 heteroatoms. The summed E-state index contributed by atoms with van der Waals surface area (Å²) in [7, 11) is 1.49. The van der Waals surface area contributed by atoms with E-state index < -0.39 is 0 Å². The van der Waals surface area contributed by atoms with Crippen molar-refractivity contribution in [2.45, 2.75) is 25.3 Å². The number of benzene rings is 1. The molecule has 3 amide bonds. The number of likely N-dealkylation sites (tertiary alicyclic amines) is 1. The van der Waals surface area contributed by atoms with E-state index in [0.717, 1.165) is 12.8 Å². The molecule has 0 bridgehead atoms. The number of nitrogens with zero attached hydrogens (tertiary/aromatic N) is 1. The number of urea groups is 1. The van der Waals surface area contributed by atoms with Crippen LogP contribution in [0.15, 0.2) is 16.9 Å². The van der Waals surface area contributed by atoms with E-state index >= 15 is 0 Å². The third-order valence-corrected chi connectivity index (χ3v) is 4.86. The quantitative estimate of drug-likeness (QED) is 0.636. The molecule has 138 valence electrons. The molecule has 2 heterocycles. The zero-order valence-corrected chi connectivity index (χ0v) is 14.4. The first-order valence-corrected chi connectivity index (χ1v) is 8.68. The molecule has 2 aliphatic rings. The van der Waals surface area contributed by atoms with Gasteiger partial charge in [0.1, 0.15) is 5.75 Å². The van der Waals surface area contributed by atoms with Gasteiger partial charge in [0.25, 0.3) is 0 Å². The lowest BCUT2D eigenvalue weighted by Crippen LogP contribution is -2.34. The van der Waals surface area contributed by atoms with Crippen LogP contribution in [0.3, 0.4) is 0 Å². The molecule has 1 saturated heterocycles. The summed E-state index contributed by atoms with van der Waals surface area (Å²) in [5.74, 6) is 0.765. The topological polar surface area (TPSA) is 119 Å². The molecule has 1 saturated carbocycles. The Balaban J connectivity index is 1.38. The number of ether oxygens (including phenoxy) is 1. The summed E-state index contributed by atoms with van der Waals surface area (Å²) in [4.78, 5) is 42.8. The van der Waals surface area contributed by atoms with Gasteiger partial charge < -0.3 is 30.2 Å². The summed E-state index contributed by atoms with van der Waals surface area (Å²) >= 11 is 0. The molecule has 1 atom stereocenters. The van der Waals surface area contributed by atoms with Crippen LogP contribution in [0.25, 0.3) is 11.0 Å². The maximum Gasteiger partial charge on any atom is 0.323 e. The van der Waals surface area contributed by atoms with Crippen molar-refractivity contribution in [1.29, 1.82) is 0 Å². The highest BCUT2D eigenvalue weighted by molar-refractivity contribution is 5.94. The first-order valence-electron chi connectivity index (χ1n) is 8.68. The fourth-order valence-electron chi connectivity index (χ4n) is 3.42. The van der Waals surface area contributed by atoms with Gasteiger partial charge in [-0.2, -0.15) is 0 Å². The standard InChI is InChI=1S/C17H21N5O4/c1-26-14-6-12-11(19-17(25)20-12)5-13(14)21-16(24)18-7-9-4-15(23)22(8-9)10-2-3-10/h5-6,9-10H,2-4,7-8H2,1H3,(H2,18,21,24)(H2,19,20,25)/t9-/m1/s1. The van der Waals surface area contributed by atoms with Crippen LogP contribution in [0, 0.1) is 5.92 Å². The van der Waals surface area contributed by atoms with E-state index in [4.69, 9.17) is 4.74 Å². The Bertz CT molecular complexity index is 914. The second kappa shape index (κ2) is 6.40. The first-order chi connectivity index (χ1) is 12.5. The predicted octanol–water partition coefficient (Wildman–Crippen LogP) is 0.997. The normalized spacial score (nSPS) is 19.8. The molecule has 1 aliphatic heterocycles. The number of methoxy groups -OCH3 is 1. The second-order valence-corrected chi connectivity index (χ2v) is 6.86. The number of fused-ring (bicyclic) bond motifs is 1. The molecule has 1 aromatic carbocycles. The lowest BCUT2D eigenvalue weighted by Gasteiger charge is -2.16. The van der Waals surface area contributed by atoms with Crippen molar-refractivity contribution in [2.24, 2.45) is 5.92 Å². The summed E-state index contributed by atoms with van der Waals surface area (Å²) in [5, 5.41) is 5.55. The van der Waals surface area contributed by atoms with E-state index in [0.29, 0.717) is 48.0 Å². The smallest absolute Gasteiger partial charge is 0.323 e. The van der Waals surface area contributed by atoms with Gasteiger partial charge in [-0.1, -0.05) is 0 Å². The Morgan fingerprint density at radius 3 is 2.69 bits per heavy atom. The van der Waals surface area contributed by atoms with Crippen LogP contribution in [-0.2, 0) is 4.79 Å². The third-order valence-electron chi connectivity index (χ3n) is 4.86. The highest BCUT2D eigenvalue weighted by atomic mass is 16.5. The van der Waals surface area contributed by atoms with E-state index in [1.807, 2.05) is 4.90 Å². The predicted molar refractivity (Wildman–Crippen MR) is 95.3 cm³/mol. The monoisotopic (exact) mass is 359 g/mol. The van der Waals surface area contributed by atoms with Crippen LogP contribution >= 0.6 is 0 Å². The highest BCUT2D eigenvalue weighted by Crippen LogP contribution is 2.32. The molecule has 0 radical (unpaired) electrons. The van der Waals surface area contributed by atoms with Crippen LogP contribution in [0.2, 0.25) is 0 Å². The van der Waals surface area contributed by atoms with Crippen molar-refractivity contribution in [3.63, 3.8) is 0 Å². The molecule has 0 spiro atoms. The zero-order valence-electron chi connectivity index (χ0n) is 14.4. The number of hydrogen-bond acceptors (Lipinski definition) is 4. The number of rotatable bonds is 5. The van der Waals surface area contributed by atoms with Gasteiger partial charge in [0, 0.05) is 37.5 Å². The van der Waals surface area contributed by atoms with Crippen molar-refractivity contribution < 1.29 is 14.3 Å². The molecule has 4 N–H and O–H groups in total. The summed E-state index contributed by atoms with van der Waals surface area (Å²) in [6.07, 6.45) is 2.67. The number of anilines is 1. The molecule has 9 nitrogen and oxygen atoms in total. The maximum absolute atomic E-state index is 12.2. The van der Waals surface area contributed by atoms with Crippen LogP contribution in [-0.4, -0.2) is 53.0 Å². The summed E-state index contributed by atoms with van der Waals surface area (Å²) in [5.41, 5.74) is 1.31. The number of carbonyl (C=O) groups excluding carboxylic acids is 2. The average molecular weight is 359 g/mol. The minimum Gasteiger partial charge on any atom is -0.494 e. The summed E-state index contributed by atoms with van der Waals surface area (Å²) in [6, 6.07) is 3.32. The Kier molecular flexibility index (Phi) is 4.06. The zero-order chi connectivity index (χ0) is 18.3. The minimum absolute atomic E-state index is 0.138.